The van der Waals surface area contributed by atoms with Gasteiger partial charge in [0.1, 0.15) is 0 Å². The molecule has 0 bridgehead atoms. The number of carbonyl (C=O) groups excluding carboxylic acids is 2. The molecule has 0 aliphatic rings. The maximum absolute atomic E-state index is 11.8. The average molecular weight is 306 g/mol. The Labute approximate surface area is 129 Å². The van der Waals surface area contributed by atoms with Gasteiger partial charge in [-0.15, -0.1) is 0 Å². The molecule has 0 saturated heterocycles. The van der Waals surface area contributed by atoms with Crippen LogP contribution in [0.25, 0.3) is 0 Å². The second-order valence-corrected chi connectivity index (χ2v) is 5.33. The lowest BCUT2D eigenvalue weighted by Crippen LogP contribution is -2.34. The van der Waals surface area contributed by atoms with E-state index in [1.54, 1.807) is 30.3 Å². The van der Waals surface area contributed by atoms with Gasteiger partial charge in [-0.2, -0.15) is 0 Å². The predicted molar refractivity (Wildman–Crippen MR) is 82.1 cm³/mol. The minimum Gasteiger partial charge on any atom is -0.479 e. The zero-order chi connectivity index (χ0) is 16.5. The average Bonchev–Trinajstić information content (AvgIpc) is 2.44. The summed E-state index contributed by atoms with van der Waals surface area (Å²) in [7, 11) is 0. The second kappa shape index (κ2) is 8.81. The van der Waals surface area contributed by atoms with E-state index in [1.165, 1.54) is 0 Å². The van der Waals surface area contributed by atoms with Crippen molar-refractivity contribution in [2.75, 3.05) is 0 Å². The van der Waals surface area contributed by atoms with E-state index in [-0.39, 0.29) is 30.7 Å². The molecule has 0 radical (unpaired) electrons. The first-order valence-corrected chi connectivity index (χ1v) is 7.26. The van der Waals surface area contributed by atoms with Crippen LogP contribution in [-0.4, -0.2) is 28.9 Å². The Morgan fingerprint density at radius 1 is 1.00 bits per heavy atom. The van der Waals surface area contributed by atoms with Crippen LogP contribution in [0.2, 0.25) is 0 Å². The molecule has 120 valence electrons. The first-order valence-electron chi connectivity index (χ1n) is 7.26. The van der Waals surface area contributed by atoms with Crippen molar-refractivity contribution in [1.29, 1.82) is 0 Å². The van der Waals surface area contributed by atoms with Gasteiger partial charge in [0.25, 0.3) is 0 Å². The molecule has 6 nitrogen and oxygen atoms in total. The summed E-state index contributed by atoms with van der Waals surface area (Å²) in [6.45, 7) is 3.73. The Hall–Kier alpha value is -2.37. The van der Waals surface area contributed by atoms with E-state index in [2.05, 4.69) is 10.6 Å². The van der Waals surface area contributed by atoms with E-state index in [4.69, 9.17) is 0 Å². The van der Waals surface area contributed by atoms with E-state index in [1.807, 2.05) is 13.8 Å². The van der Waals surface area contributed by atoms with E-state index in [0.717, 1.165) is 0 Å². The minimum absolute atomic E-state index is 0.0656. The zero-order valence-corrected chi connectivity index (χ0v) is 12.8. The largest absolute Gasteiger partial charge is 0.479 e. The second-order valence-electron chi connectivity index (χ2n) is 5.33. The van der Waals surface area contributed by atoms with Crippen molar-refractivity contribution in [3.05, 3.63) is 35.9 Å². The summed E-state index contributed by atoms with van der Waals surface area (Å²) >= 11 is 0. The van der Waals surface area contributed by atoms with E-state index < -0.39 is 12.0 Å². The molecule has 3 N–H and O–H groups in total. The van der Waals surface area contributed by atoms with Gasteiger partial charge >= 0.3 is 5.97 Å². The highest BCUT2D eigenvalue weighted by atomic mass is 16.4. The normalized spacial score (nSPS) is 11.8. The first-order chi connectivity index (χ1) is 10.4. The summed E-state index contributed by atoms with van der Waals surface area (Å²) in [4.78, 5) is 34.5. The van der Waals surface area contributed by atoms with Gasteiger partial charge in [-0.05, 0) is 25.8 Å². The van der Waals surface area contributed by atoms with Gasteiger partial charge in [0, 0.05) is 18.9 Å². The lowest BCUT2D eigenvalue weighted by molar-refractivity contribution is -0.142. The molecule has 0 spiro atoms. The monoisotopic (exact) mass is 306 g/mol. The Balaban J connectivity index is 2.45. The maximum atomic E-state index is 11.8. The molecule has 2 amide bonds. The molecule has 0 unspecified atom stereocenters. The number of carboxylic acid groups (broad SMARTS) is 1. The molecular formula is C16H22N2O4. The van der Waals surface area contributed by atoms with Gasteiger partial charge in [0.2, 0.25) is 11.8 Å². The summed E-state index contributed by atoms with van der Waals surface area (Å²) in [5.41, 5.74) is 0.515. The van der Waals surface area contributed by atoms with Crippen LogP contribution in [-0.2, 0) is 14.4 Å². The van der Waals surface area contributed by atoms with Crippen molar-refractivity contribution in [3.63, 3.8) is 0 Å². The quantitative estimate of drug-likeness (QED) is 0.680. The van der Waals surface area contributed by atoms with Gasteiger partial charge in [0.15, 0.2) is 6.04 Å². The van der Waals surface area contributed by atoms with Gasteiger partial charge in [-0.3, -0.25) is 9.59 Å². The Kier molecular flexibility index (Phi) is 7.08. The third kappa shape index (κ3) is 6.39. The molecule has 0 heterocycles. The highest BCUT2D eigenvalue weighted by Gasteiger charge is 2.21. The van der Waals surface area contributed by atoms with Gasteiger partial charge in [-0.1, -0.05) is 30.3 Å². The first kappa shape index (κ1) is 17.7. The van der Waals surface area contributed by atoms with Crippen LogP contribution in [0.15, 0.2) is 30.3 Å². The van der Waals surface area contributed by atoms with E-state index in [9.17, 15) is 19.5 Å². The predicted octanol–water partition coefficient (Wildman–Crippen LogP) is 1.62. The van der Waals surface area contributed by atoms with Crippen LogP contribution in [0.3, 0.4) is 0 Å². The van der Waals surface area contributed by atoms with Gasteiger partial charge < -0.3 is 15.7 Å². The van der Waals surface area contributed by atoms with Crippen molar-refractivity contribution in [2.45, 2.75) is 45.2 Å². The standard InChI is InChI=1S/C16H22N2O4/c1-11(2)17-13(19)9-6-10-14(20)18-15(16(21)22)12-7-4-3-5-8-12/h3-5,7-8,11,15H,6,9-10H2,1-2H3,(H,17,19)(H,18,20)(H,21,22)/t15-/m0/s1. The number of carboxylic acids is 1. The zero-order valence-electron chi connectivity index (χ0n) is 12.8. The van der Waals surface area contributed by atoms with Crippen molar-refractivity contribution < 1.29 is 19.5 Å². The molecule has 1 aromatic carbocycles. The fourth-order valence-electron chi connectivity index (χ4n) is 1.97. The summed E-state index contributed by atoms with van der Waals surface area (Å²) in [6.07, 6.45) is 0.738. The Bertz CT molecular complexity index is 514. The summed E-state index contributed by atoms with van der Waals surface area (Å²) in [5.74, 6) is -1.61. The Morgan fingerprint density at radius 3 is 2.05 bits per heavy atom. The number of hydrogen-bond donors (Lipinski definition) is 3. The fourth-order valence-corrected chi connectivity index (χ4v) is 1.97. The number of carbonyl (C=O) groups is 3. The SMILES string of the molecule is CC(C)NC(=O)CCCC(=O)N[C@H](C(=O)O)c1ccccc1. The van der Waals surface area contributed by atoms with Crippen LogP contribution < -0.4 is 10.6 Å². The van der Waals surface area contributed by atoms with E-state index >= 15 is 0 Å². The molecule has 1 atom stereocenters. The topological polar surface area (TPSA) is 95.5 Å². The third-order valence-corrected chi connectivity index (χ3v) is 2.94. The summed E-state index contributed by atoms with van der Waals surface area (Å²) in [5, 5.41) is 14.4. The molecule has 0 aromatic heterocycles. The highest BCUT2D eigenvalue weighted by Crippen LogP contribution is 2.13. The number of benzene rings is 1. The number of rotatable bonds is 8. The highest BCUT2D eigenvalue weighted by molar-refractivity contribution is 5.85. The number of amides is 2. The smallest absolute Gasteiger partial charge is 0.330 e. The molecule has 1 aromatic rings. The molecule has 0 fully saturated rings. The summed E-state index contributed by atoms with van der Waals surface area (Å²) < 4.78 is 0. The van der Waals surface area contributed by atoms with Crippen molar-refractivity contribution in [3.8, 4) is 0 Å². The molecule has 0 aliphatic carbocycles. The van der Waals surface area contributed by atoms with Gasteiger partial charge in [-0.25, -0.2) is 4.79 Å². The lowest BCUT2D eigenvalue weighted by atomic mass is 10.1. The molecule has 1 rings (SSSR count). The molecule has 6 heteroatoms. The number of hydrogen-bond acceptors (Lipinski definition) is 3. The van der Waals surface area contributed by atoms with Crippen molar-refractivity contribution in [1.82, 2.24) is 10.6 Å². The maximum Gasteiger partial charge on any atom is 0.330 e. The lowest BCUT2D eigenvalue weighted by Gasteiger charge is -2.15. The Morgan fingerprint density at radius 2 is 1.55 bits per heavy atom. The molecule has 0 saturated carbocycles. The van der Waals surface area contributed by atoms with E-state index in [0.29, 0.717) is 12.0 Å². The minimum atomic E-state index is -1.11. The fraction of sp³-hybridized carbons (Fsp3) is 0.438. The summed E-state index contributed by atoms with van der Waals surface area (Å²) in [6, 6.07) is 7.50. The van der Waals surface area contributed by atoms with Crippen molar-refractivity contribution in [2.24, 2.45) is 0 Å². The van der Waals surface area contributed by atoms with Crippen LogP contribution >= 0.6 is 0 Å². The van der Waals surface area contributed by atoms with Crippen LogP contribution in [0.5, 0.6) is 0 Å². The van der Waals surface area contributed by atoms with Gasteiger partial charge in [0.05, 0.1) is 0 Å². The molecule has 22 heavy (non-hydrogen) atoms. The molecule has 0 aliphatic heterocycles. The number of nitrogens with one attached hydrogen (secondary N) is 2. The number of aliphatic carboxylic acids is 1. The van der Waals surface area contributed by atoms with Crippen LogP contribution in [0.1, 0.15) is 44.7 Å². The van der Waals surface area contributed by atoms with Crippen molar-refractivity contribution >= 4 is 17.8 Å². The molecular weight excluding hydrogens is 284 g/mol. The van der Waals surface area contributed by atoms with Crippen LogP contribution in [0.4, 0.5) is 0 Å². The third-order valence-electron chi connectivity index (χ3n) is 2.94. The van der Waals surface area contributed by atoms with Crippen LogP contribution in [0, 0.1) is 0 Å².